The third-order valence-electron chi connectivity index (χ3n) is 1.85. The fourth-order valence-electron chi connectivity index (χ4n) is 0.935. The van der Waals surface area contributed by atoms with Crippen molar-refractivity contribution in [3.8, 4) is 0 Å². The Morgan fingerprint density at radius 2 is 2.38 bits per heavy atom. The van der Waals surface area contributed by atoms with Gasteiger partial charge in [0, 0.05) is 24.4 Å². The minimum absolute atomic E-state index is 0.0277. The summed E-state index contributed by atoms with van der Waals surface area (Å²) in [4.78, 5) is 14.0. The predicted molar refractivity (Wildman–Crippen MR) is 48.4 cm³/mol. The first-order chi connectivity index (χ1) is 6.15. The summed E-state index contributed by atoms with van der Waals surface area (Å²) in [7, 11) is 1.78. The second kappa shape index (κ2) is 3.95. The van der Waals surface area contributed by atoms with E-state index in [1.807, 2.05) is 6.92 Å². The van der Waals surface area contributed by atoms with Crippen LogP contribution in [0.25, 0.3) is 0 Å². The highest BCUT2D eigenvalue weighted by Gasteiger charge is 2.10. The fraction of sp³-hybridized carbons (Fsp3) is 0.375. The van der Waals surface area contributed by atoms with Gasteiger partial charge >= 0.3 is 0 Å². The molecule has 0 spiro atoms. The number of hydrogen-bond acceptors (Lipinski definition) is 4. The second-order valence-corrected chi connectivity index (χ2v) is 2.71. The summed E-state index contributed by atoms with van der Waals surface area (Å²) in [5.41, 5.74) is 0.754. The van der Waals surface area contributed by atoms with Crippen LogP contribution in [0.15, 0.2) is 18.3 Å². The molecule has 1 heterocycles. The minimum atomic E-state index is -0.423. The van der Waals surface area contributed by atoms with Crippen molar-refractivity contribution in [3.05, 3.63) is 34.1 Å². The molecule has 0 saturated heterocycles. The van der Waals surface area contributed by atoms with Gasteiger partial charge in [-0.25, -0.2) is 0 Å². The van der Waals surface area contributed by atoms with Crippen LogP contribution in [0.5, 0.6) is 0 Å². The van der Waals surface area contributed by atoms with Gasteiger partial charge < -0.3 is 5.32 Å². The maximum Gasteiger partial charge on any atom is 0.272 e. The lowest BCUT2D eigenvalue weighted by molar-refractivity contribution is -0.385. The quantitative estimate of drug-likeness (QED) is 0.563. The molecule has 0 amide bonds. The van der Waals surface area contributed by atoms with Crippen molar-refractivity contribution in [2.24, 2.45) is 0 Å². The first-order valence-corrected chi connectivity index (χ1v) is 3.92. The van der Waals surface area contributed by atoms with Gasteiger partial charge in [0.1, 0.15) is 0 Å². The summed E-state index contributed by atoms with van der Waals surface area (Å²) in [6, 6.07) is 2.88. The Morgan fingerprint density at radius 3 is 2.92 bits per heavy atom. The van der Waals surface area contributed by atoms with Crippen molar-refractivity contribution in [1.29, 1.82) is 0 Å². The first kappa shape index (κ1) is 9.60. The van der Waals surface area contributed by atoms with E-state index in [0.29, 0.717) is 5.69 Å². The van der Waals surface area contributed by atoms with Gasteiger partial charge in [-0.15, -0.1) is 0 Å². The molecule has 0 aliphatic heterocycles. The van der Waals surface area contributed by atoms with E-state index in [4.69, 9.17) is 0 Å². The van der Waals surface area contributed by atoms with Crippen molar-refractivity contribution < 1.29 is 4.92 Å². The molecule has 70 valence electrons. The van der Waals surface area contributed by atoms with E-state index in [-0.39, 0.29) is 11.7 Å². The van der Waals surface area contributed by atoms with Gasteiger partial charge in [-0.1, -0.05) is 0 Å². The maximum absolute atomic E-state index is 10.4. The summed E-state index contributed by atoms with van der Waals surface area (Å²) < 4.78 is 0. The molecule has 5 heteroatoms. The van der Waals surface area contributed by atoms with Crippen LogP contribution in [-0.2, 0) is 0 Å². The van der Waals surface area contributed by atoms with Crippen LogP contribution in [-0.4, -0.2) is 17.0 Å². The van der Waals surface area contributed by atoms with E-state index in [1.165, 1.54) is 18.3 Å². The molecule has 0 bridgehead atoms. The van der Waals surface area contributed by atoms with Crippen molar-refractivity contribution in [1.82, 2.24) is 10.3 Å². The van der Waals surface area contributed by atoms with E-state index in [2.05, 4.69) is 10.3 Å². The molecule has 1 N–H and O–H groups in total. The van der Waals surface area contributed by atoms with Gasteiger partial charge in [-0.3, -0.25) is 15.1 Å². The largest absolute Gasteiger partial charge is 0.312 e. The minimum Gasteiger partial charge on any atom is -0.312 e. The Hall–Kier alpha value is -1.49. The summed E-state index contributed by atoms with van der Waals surface area (Å²) >= 11 is 0. The molecule has 0 saturated carbocycles. The predicted octanol–water partition coefficient (Wildman–Crippen LogP) is 1.27. The molecule has 0 aliphatic carbocycles. The topological polar surface area (TPSA) is 68.1 Å². The third-order valence-corrected chi connectivity index (χ3v) is 1.85. The van der Waals surface area contributed by atoms with Crippen LogP contribution in [0.3, 0.4) is 0 Å². The molecular weight excluding hydrogens is 170 g/mol. The van der Waals surface area contributed by atoms with E-state index in [0.717, 1.165) is 0 Å². The highest BCUT2D eigenvalue weighted by atomic mass is 16.6. The molecule has 0 aromatic carbocycles. The number of nitrogens with zero attached hydrogens (tertiary/aromatic N) is 2. The molecule has 0 radical (unpaired) electrons. The summed E-state index contributed by atoms with van der Waals surface area (Å²) in [6.07, 6.45) is 1.45. The molecule has 13 heavy (non-hydrogen) atoms. The van der Waals surface area contributed by atoms with E-state index in [9.17, 15) is 10.1 Å². The van der Waals surface area contributed by atoms with Crippen LogP contribution < -0.4 is 5.32 Å². The van der Waals surface area contributed by atoms with Crippen LogP contribution in [0.2, 0.25) is 0 Å². The average molecular weight is 181 g/mol. The molecule has 1 atom stereocenters. The Balaban J connectivity index is 2.98. The number of aromatic nitrogens is 1. The molecule has 1 aromatic heterocycles. The van der Waals surface area contributed by atoms with Gasteiger partial charge in [0.05, 0.1) is 10.6 Å². The summed E-state index contributed by atoms with van der Waals surface area (Å²) in [6.45, 7) is 1.89. The van der Waals surface area contributed by atoms with Gasteiger partial charge in [0.2, 0.25) is 0 Å². The number of hydrogen-bond donors (Lipinski definition) is 1. The van der Waals surface area contributed by atoms with Crippen LogP contribution in [0.1, 0.15) is 18.7 Å². The number of nitrogens with one attached hydrogen (secondary N) is 1. The van der Waals surface area contributed by atoms with Crippen LogP contribution in [0, 0.1) is 10.1 Å². The molecule has 0 unspecified atom stereocenters. The highest BCUT2D eigenvalue weighted by Crippen LogP contribution is 2.15. The Bertz CT molecular complexity index is 314. The number of pyridine rings is 1. The lowest BCUT2D eigenvalue weighted by atomic mass is 10.2. The lowest BCUT2D eigenvalue weighted by Crippen LogP contribution is -2.13. The SMILES string of the molecule is CN[C@@H](C)c1cc([N+](=O)[O-])ccn1. The molecule has 0 fully saturated rings. The Morgan fingerprint density at radius 1 is 1.69 bits per heavy atom. The third kappa shape index (κ3) is 2.22. The maximum atomic E-state index is 10.4. The van der Waals surface area contributed by atoms with Crippen molar-refractivity contribution in [2.75, 3.05) is 7.05 Å². The van der Waals surface area contributed by atoms with E-state index >= 15 is 0 Å². The normalized spacial score (nSPS) is 12.5. The first-order valence-electron chi connectivity index (χ1n) is 3.92. The van der Waals surface area contributed by atoms with Crippen LogP contribution in [0.4, 0.5) is 5.69 Å². The Labute approximate surface area is 75.9 Å². The van der Waals surface area contributed by atoms with E-state index in [1.54, 1.807) is 7.05 Å². The standard InChI is InChI=1S/C8H11N3O2/c1-6(9-2)8-5-7(11(12)13)3-4-10-8/h3-6,9H,1-2H3/t6-/m0/s1. The smallest absolute Gasteiger partial charge is 0.272 e. The molecule has 5 nitrogen and oxygen atoms in total. The molecule has 1 rings (SSSR count). The monoisotopic (exact) mass is 181 g/mol. The molecule has 0 aliphatic rings. The molecular formula is C8H11N3O2. The molecule has 1 aromatic rings. The average Bonchev–Trinajstić information content (AvgIpc) is 2.17. The zero-order valence-electron chi connectivity index (χ0n) is 7.52. The lowest BCUT2D eigenvalue weighted by Gasteiger charge is -2.07. The highest BCUT2D eigenvalue weighted by molar-refractivity contribution is 5.30. The summed E-state index contributed by atoms with van der Waals surface area (Å²) in [5.74, 6) is 0. The fourth-order valence-corrected chi connectivity index (χ4v) is 0.935. The number of nitro groups is 1. The van der Waals surface area contributed by atoms with Crippen molar-refractivity contribution in [3.63, 3.8) is 0 Å². The second-order valence-electron chi connectivity index (χ2n) is 2.71. The summed E-state index contributed by atoms with van der Waals surface area (Å²) in [5, 5.41) is 13.4. The van der Waals surface area contributed by atoms with Gasteiger partial charge in [-0.2, -0.15) is 0 Å². The zero-order valence-corrected chi connectivity index (χ0v) is 7.52. The van der Waals surface area contributed by atoms with Gasteiger partial charge in [0.15, 0.2) is 0 Å². The van der Waals surface area contributed by atoms with Crippen LogP contribution >= 0.6 is 0 Å². The number of rotatable bonds is 3. The van der Waals surface area contributed by atoms with Gasteiger partial charge in [-0.05, 0) is 14.0 Å². The van der Waals surface area contributed by atoms with Gasteiger partial charge in [0.25, 0.3) is 5.69 Å². The van der Waals surface area contributed by atoms with E-state index < -0.39 is 4.92 Å². The zero-order chi connectivity index (χ0) is 9.84. The van der Waals surface area contributed by atoms with Crippen molar-refractivity contribution in [2.45, 2.75) is 13.0 Å². The van der Waals surface area contributed by atoms with Crippen molar-refractivity contribution >= 4 is 5.69 Å². The Kier molecular flexibility index (Phi) is 2.92.